The fraction of sp³-hybridized carbons (Fsp3) is 0.257. The third-order valence-electron chi connectivity index (χ3n) is 7.90. The number of amides is 1. The van der Waals surface area contributed by atoms with E-state index >= 15 is 0 Å². The summed E-state index contributed by atoms with van der Waals surface area (Å²) < 4.78 is 17.6. The van der Waals surface area contributed by atoms with Gasteiger partial charge in [-0.1, -0.05) is 70.9 Å². The molecule has 1 aliphatic heterocycles. The number of aliphatic imine (C=N–C) groups is 1. The van der Waals surface area contributed by atoms with Crippen molar-refractivity contribution in [2.45, 2.75) is 37.6 Å². The van der Waals surface area contributed by atoms with Gasteiger partial charge in [0.2, 0.25) is 5.90 Å². The van der Waals surface area contributed by atoms with Gasteiger partial charge in [0.15, 0.2) is 11.6 Å². The molecule has 0 saturated heterocycles. The summed E-state index contributed by atoms with van der Waals surface area (Å²) in [7, 11) is 1.59. The van der Waals surface area contributed by atoms with Gasteiger partial charge in [-0.25, -0.2) is 4.99 Å². The molecule has 48 heavy (non-hydrogen) atoms. The largest absolute Gasteiger partial charge is 0.497 e. The number of carbonyl (C=O) groups is 1. The Hall–Kier alpha value is -6.00. The van der Waals surface area contributed by atoms with Gasteiger partial charge in [0.1, 0.15) is 11.5 Å². The third kappa shape index (κ3) is 7.68. The number of hydrogen-bond acceptors (Lipinski definition) is 8. The quantitative estimate of drug-likeness (QED) is 0.0606. The van der Waals surface area contributed by atoms with Gasteiger partial charge < -0.3 is 24.6 Å². The number of aliphatic hydroxyl groups is 1. The lowest BCUT2D eigenvalue weighted by Crippen LogP contribution is -2.49. The van der Waals surface area contributed by atoms with E-state index in [-0.39, 0.29) is 32.0 Å². The molecule has 2 atom stereocenters. The average Bonchev–Trinajstić information content (AvgIpc) is 3.51. The summed E-state index contributed by atoms with van der Waals surface area (Å²) in [5, 5.41) is 19.8. The van der Waals surface area contributed by atoms with Gasteiger partial charge in [0, 0.05) is 52.6 Å². The maximum atomic E-state index is 14.7. The number of benzene rings is 4. The normalized spacial score (nSPS) is 16.5. The molecule has 13 nitrogen and oxygen atoms in total. The number of aliphatic hydroxyl groups excluding tert-OH is 1. The van der Waals surface area contributed by atoms with Gasteiger partial charge in [0.05, 0.1) is 20.3 Å². The molecule has 0 bridgehead atoms. The molecule has 13 heteroatoms. The number of nitrogens with zero attached hydrogens (tertiary/aromatic N) is 7. The Balaban J connectivity index is 1.63. The molecule has 4 aromatic carbocycles. The van der Waals surface area contributed by atoms with E-state index in [1.54, 1.807) is 55.6 Å². The predicted molar refractivity (Wildman–Crippen MR) is 180 cm³/mol. The second-order valence-corrected chi connectivity index (χ2v) is 10.9. The zero-order valence-electron chi connectivity index (χ0n) is 26.3. The van der Waals surface area contributed by atoms with E-state index in [0.29, 0.717) is 41.3 Å². The summed E-state index contributed by atoms with van der Waals surface area (Å²) in [4.78, 5) is 25.7. The molecular weight excluding hydrogens is 612 g/mol. The van der Waals surface area contributed by atoms with Crippen molar-refractivity contribution in [1.82, 2.24) is 5.32 Å². The molecule has 2 N–H and O–H groups in total. The first-order chi connectivity index (χ1) is 23.5. The van der Waals surface area contributed by atoms with Crippen LogP contribution in [0.1, 0.15) is 40.3 Å². The van der Waals surface area contributed by atoms with Crippen molar-refractivity contribution in [2.24, 2.45) is 15.2 Å². The molecule has 1 heterocycles. The Labute approximate surface area is 277 Å². The fourth-order valence-corrected chi connectivity index (χ4v) is 5.47. The lowest BCUT2D eigenvalue weighted by atomic mass is 9.80. The van der Waals surface area contributed by atoms with Gasteiger partial charge >= 0.3 is 0 Å². The zero-order valence-corrected chi connectivity index (χ0v) is 26.3. The highest BCUT2D eigenvalue weighted by Gasteiger charge is 2.54. The van der Waals surface area contributed by atoms with E-state index in [1.165, 1.54) is 0 Å². The minimum atomic E-state index is -1.59. The van der Waals surface area contributed by atoms with Crippen LogP contribution in [0.2, 0.25) is 0 Å². The first-order valence-electron chi connectivity index (χ1n) is 15.2. The van der Waals surface area contributed by atoms with Crippen LogP contribution in [-0.4, -0.2) is 42.8 Å². The zero-order chi connectivity index (χ0) is 33.8. The number of carbonyl (C=O) groups excluding carboxylic acids is 1. The van der Waals surface area contributed by atoms with Gasteiger partial charge in [-0.3, -0.25) is 4.79 Å². The van der Waals surface area contributed by atoms with Crippen LogP contribution in [0.25, 0.3) is 20.9 Å². The Morgan fingerprint density at radius 1 is 0.958 bits per heavy atom. The molecule has 1 aliphatic rings. The summed E-state index contributed by atoms with van der Waals surface area (Å²) >= 11 is 0. The first-order valence-corrected chi connectivity index (χ1v) is 15.2. The molecule has 0 aliphatic carbocycles. The van der Waals surface area contributed by atoms with E-state index in [4.69, 9.17) is 29.8 Å². The number of nitrogens with one attached hydrogen (secondary N) is 1. The highest BCUT2D eigenvalue weighted by Crippen LogP contribution is 2.45. The van der Waals surface area contributed by atoms with Crippen LogP contribution in [0, 0.1) is 0 Å². The lowest BCUT2D eigenvalue weighted by Gasteiger charge is -2.32. The number of rotatable bonds is 15. The van der Waals surface area contributed by atoms with E-state index in [1.807, 2.05) is 48.5 Å². The van der Waals surface area contributed by atoms with E-state index in [9.17, 15) is 10.3 Å². The fourth-order valence-electron chi connectivity index (χ4n) is 5.47. The minimum absolute atomic E-state index is 0.0239. The first kappa shape index (κ1) is 33.4. The van der Waals surface area contributed by atoms with Crippen molar-refractivity contribution in [3.63, 3.8) is 0 Å². The maximum Gasteiger partial charge on any atom is 0.252 e. The molecule has 0 aromatic heterocycles. The monoisotopic (exact) mass is 646 g/mol. The molecule has 4 aromatic rings. The Morgan fingerprint density at radius 3 is 2.38 bits per heavy atom. The van der Waals surface area contributed by atoms with E-state index in [0.717, 1.165) is 16.7 Å². The van der Waals surface area contributed by atoms with E-state index in [2.05, 4.69) is 25.4 Å². The van der Waals surface area contributed by atoms with Gasteiger partial charge in [-0.05, 0) is 64.2 Å². The van der Waals surface area contributed by atoms with Crippen molar-refractivity contribution >= 4 is 17.5 Å². The van der Waals surface area contributed by atoms with Crippen molar-refractivity contribution in [3.05, 3.63) is 146 Å². The number of ether oxygens (including phenoxy) is 3. The van der Waals surface area contributed by atoms with Gasteiger partial charge in [-0.2, -0.15) is 0 Å². The maximum absolute atomic E-state index is 14.7. The smallest absolute Gasteiger partial charge is 0.252 e. The molecule has 0 unspecified atom stereocenters. The molecule has 1 amide bonds. The molecule has 5 rings (SSSR count). The second-order valence-electron chi connectivity index (χ2n) is 10.9. The Bertz CT molecular complexity index is 1850. The van der Waals surface area contributed by atoms with Crippen molar-refractivity contribution < 1.29 is 24.1 Å². The molecule has 244 valence electrons. The molecule has 0 saturated carbocycles. The number of hydrogen-bond donors (Lipinski definition) is 2. The van der Waals surface area contributed by atoms with Crippen molar-refractivity contribution in [3.8, 4) is 11.5 Å². The second kappa shape index (κ2) is 16.0. The van der Waals surface area contributed by atoms with Crippen LogP contribution in [0.4, 0.5) is 5.69 Å². The standard InChI is InChI=1S/C35H34N8O5/c1-46-28-15-11-24(12-16-28)22-38-34(45)35(21-26-7-2-3-8-27(26)23-39-42-36)32(30-9-4-5-10-31(30)41-43-37)48-33(40-35)25-13-17-29(18-14-25)47-20-6-19-44/h2-5,7-18,32,44H,6,19-23H2,1H3,(H,38,45)/t32-,35-/m1/s1. The van der Waals surface area contributed by atoms with Crippen LogP contribution < -0.4 is 14.8 Å². The van der Waals surface area contributed by atoms with E-state index < -0.39 is 17.6 Å². The molecular formula is C35H34N8O5. The average molecular weight is 647 g/mol. The van der Waals surface area contributed by atoms with Crippen LogP contribution in [-0.2, 0) is 29.0 Å². The van der Waals surface area contributed by atoms with Crippen LogP contribution in [0.5, 0.6) is 11.5 Å². The van der Waals surface area contributed by atoms with Crippen molar-refractivity contribution in [1.29, 1.82) is 0 Å². The summed E-state index contributed by atoms with van der Waals surface area (Å²) in [5.74, 6) is 1.09. The Morgan fingerprint density at radius 2 is 1.67 bits per heavy atom. The van der Waals surface area contributed by atoms with Crippen molar-refractivity contribution in [2.75, 3.05) is 20.3 Å². The van der Waals surface area contributed by atoms with Gasteiger partial charge in [0.25, 0.3) is 5.91 Å². The topological polar surface area (TPSA) is 187 Å². The predicted octanol–water partition coefficient (Wildman–Crippen LogP) is 7.02. The molecule has 0 spiro atoms. The highest BCUT2D eigenvalue weighted by atomic mass is 16.5. The summed E-state index contributed by atoms with van der Waals surface area (Å²) in [6, 6.07) is 28.7. The van der Waals surface area contributed by atoms with Crippen LogP contribution >= 0.6 is 0 Å². The lowest BCUT2D eigenvalue weighted by molar-refractivity contribution is -0.129. The summed E-state index contributed by atoms with van der Waals surface area (Å²) in [5.41, 5.74) is 20.5. The highest BCUT2D eigenvalue weighted by molar-refractivity contribution is 6.01. The number of methoxy groups -OCH3 is 1. The minimum Gasteiger partial charge on any atom is -0.497 e. The van der Waals surface area contributed by atoms with Gasteiger partial charge in [-0.15, -0.1) is 0 Å². The summed E-state index contributed by atoms with van der Waals surface area (Å²) in [6.07, 6.45) is -0.447. The molecule has 0 radical (unpaired) electrons. The van der Waals surface area contributed by atoms with Crippen LogP contribution in [0.3, 0.4) is 0 Å². The SMILES string of the molecule is COc1ccc(CNC(=O)[C@]2(Cc3ccccc3CN=[N+]=[N-])N=C(c3ccc(OCCCO)cc3)O[C@@H]2c2ccccc2N=[N+]=[N-])cc1. The number of azide groups is 2. The van der Waals surface area contributed by atoms with Crippen LogP contribution in [0.15, 0.2) is 112 Å². The Kier molecular flexibility index (Phi) is 11.1. The third-order valence-corrected chi connectivity index (χ3v) is 7.90. The summed E-state index contributed by atoms with van der Waals surface area (Å²) in [6.45, 7) is 0.653. The molecule has 0 fully saturated rings.